The largest absolute Gasteiger partial charge is 0.459 e. The van der Waals surface area contributed by atoms with Crippen LogP contribution in [0.15, 0.2) is 0 Å². The van der Waals surface area contributed by atoms with Crippen molar-refractivity contribution in [2.75, 3.05) is 5.73 Å². The number of carbonyl (C=O) groups is 1. The Hall–Kier alpha value is -1.10. The van der Waals surface area contributed by atoms with Crippen molar-refractivity contribution in [2.24, 2.45) is 5.92 Å². The second-order valence-corrected chi connectivity index (χ2v) is 5.86. The first-order valence-electron chi connectivity index (χ1n) is 5.32. The summed E-state index contributed by atoms with van der Waals surface area (Å²) in [6, 6.07) is 0. The van der Waals surface area contributed by atoms with E-state index >= 15 is 0 Å². The molecule has 1 unspecified atom stereocenters. The van der Waals surface area contributed by atoms with Gasteiger partial charge in [-0.15, -0.1) is 11.3 Å². The fourth-order valence-electron chi connectivity index (χ4n) is 2.05. The Balaban J connectivity index is 2.16. The van der Waals surface area contributed by atoms with Crippen LogP contribution in [0.1, 0.15) is 30.8 Å². The van der Waals surface area contributed by atoms with Crippen LogP contribution in [0.5, 0.6) is 0 Å². The molecule has 0 spiro atoms. The highest BCUT2D eigenvalue weighted by Gasteiger charge is 2.41. The Labute approximate surface area is 98.8 Å². The van der Waals surface area contributed by atoms with E-state index in [1.54, 1.807) is 0 Å². The number of cyclic esters (lactones) is 1. The van der Waals surface area contributed by atoms with Crippen LogP contribution in [-0.2, 0) is 16.0 Å². The molecule has 1 aromatic heterocycles. The van der Waals surface area contributed by atoms with E-state index in [0.29, 0.717) is 11.6 Å². The minimum atomic E-state index is -0.373. The van der Waals surface area contributed by atoms with Gasteiger partial charge in [0.1, 0.15) is 5.60 Å². The summed E-state index contributed by atoms with van der Waals surface area (Å²) in [5, 5.41) is 0.593. The molecule has 0 amide bonds. The number of aryl methyl sites for hydroxylation is 1. The second-order valence-electron chi connectivity index (χ2n) is 4.74. The molecule has 2 rings (SSSR count). The number of ether oxygens (including phenoxy) is 1. The van der Waals surface area contributed by atoms with Crippen LogP contribution in [0, 0.1) is 12.8 Å². The van der Waals surface area contributed by atoms with Gasteiger partial charge in [0.15, 0.2) is 5.13 Å². The van der Waals surface area contributed by atoms with Crippen molar-refractivity contribution in [1.29, 1.82) is 0 Å². The fraction of sp³-hybridized carbons (Fsp3) is 0.636. The average Bonchev–Trinajstić information content (AvgIpc) is 2.54. The number of nitrogens with two attached hydrogens (primary N) is 1. The van der Waals surface area contributed by atoms with Crippen molar-refractivity contribution in [3.8, 4) is 0 Å². The van der Waals surface area contributed by atoms with Crippen molar-refractivity contribution < 1.29 is 9.53 Å². The molecule has 5 heteroatoms. The molecule has 0 saturated carbocycles. The fourth-order valence-corrected chi connectivity index (χ4v) is 2.96. The first-order chi connectivity index (χ1) is 7.38. The molecule has 2 heterocycles. The van der Waals surface area contributed by atoms with E-state index in [-0.39, 0.29) is 17.5 Å². The van der Waals surface area contributed by atoms with Crippen LogP contribution < -0.4 is 5.73 Å². The first kappa shape index (κ1) is 11.4. The van der Waals surface area contributed by atoms with Crippen molar-refractivity contribution >= 4 is 22.4 Å². The molecule has 1 aliphatic rings. The molecular formula is C11H16N2O2S. The highest BCUT2D eigenvalue weighted by molar-refractivity contribution is 7.15. The molecule has 0 aliphatic carbocycles. The van der Waals surface area contributed by atoms with Gasteiger partial charge in [0.05, 0.1) is 12.1 Å². The highest BCUT2D eigenvalue weighted by atomic mass is 32.1. The summed E-state index contributed by atoms with van der Waals surface area (Å²) in [6.45, 7) is 5.87. The van der Waals surface area contributed by atoms with Crippen molar-refractivity contribution in [2.45, 2.75) is 39.2 Å². The molecular weight excluding hydrogens is 224 g/mol. The first-order valence-corrected chi connectivity index (χ1v) is 6.14. The molecule has 1 fully saturated rings. The molecule has 4 nitrogen and oxygen atoms in total. The SMILES string of the molecule is Cc1nc(N)sc1CC1CC(=O)OC1(C)C. The minimum absolute atomic E-state index is 0.106. The van der Waals surface area contributed by atoms with Crippen molar-refractivity contribution in [1.82, 2.24) is 4.98 Å². The number of anilines is 1. The third-order valence-electron chi connectivity index (χ3n) is 3.11. The van der Waals surface area contributed by atoms with Gasteiger partial charge in [0.25, 0.3) is 0 Å². The zero-order valence-corrected chi connectivity index (χ0v) is 10.6. The summed E-state index contributed by atoms with van der Waals surface area (Å²) in [6.07, 6.45) is 1.31. The predicted molar refractivity (Wildman–Crippen MR) is 63.2 cm³/mol. The van der Waals surface area contributed by atoms with Crippen LogP contribution in [0.4, 0.5) is 5.13 Å². The summed E-state index contributed by atoms with van der Waals surface area (Å²) >= 11 is 1.50. The molecule has 88 valence electrons. The molecule has 0 radical (unpaired) electrons. The monoisotopic (exact) mass is 240 g/mol. The number of nitrogen functional groups attached to an aromatic ring is 1. The Bertz CT molecular complexity index is 426. The summed E-state index contributed by atoms with van der Waals surface area (Å²) in [5.74, 6) is 0.115. The summed E-state index contributed by atoms with van der Waals surface area (Å²) in [4.78, 5) is 16.6. The number of nitrogens with zero attached hydrogens (tertiary/aromatic N) is 1. The number of hydrogen-bond acceptors (Lipinski definition) is 5. The molecule has 0 bridgehead atoms. The topological polar surface area (TPSA) is 65.2 Å². The Kier molecular flexibility index (Phi) is 2.66. The van der Waals surface area contributed by atoms with Gasteiger partial charge in [0, 0.05) is 10.8 Å². The maximum absolute atomic E-state index is 11.3. The summed E-state index contributed by atoms with van der Waals surface area (Å²) < 4.78 is 5.29. The minimum Gasteiger partial charge on any atom is -0.459 e. The number of thiazole rings is 1. The Morgan fingerprint density at radius 1 is 1.62 bits per heavy atom. The lowest BCUT2D eigenvalue weighted by Crippen LogP contribution is -2.28. The van der Waals surface area contributed by atoms with E-state index in [0.717, 1.165) is 17.0 Å². The smallest absolute Gasteiger partial charge is 0.306 e. The molecule has 1 aliphatic heterocycles. The zero-order chi connectivity index (χ0) is 11.9. The van der Waals surface area contributed by atoms with Gasteiger partial charge >= 0.3 is 5.97 Å². The van der Waals surface area contributed by atoms with Crippen LogP contribution in [-0.4, -0.2) is 16.6 Å². The van der Waals surface area contributed by atoms with Gasteiger partial charge < -0.3 is 10.5 Å². The Morgan fingerprint density at radius 3 is 2.75 bits per heavy atom. The molecule has 1 atom stereocenters. The maximum atomic E-state index is 11.3. The third-order valence-corrected chi connectivity index (χ3v) is 4.12. The zero-order valence-electron chi connectivity index (χ0n) is 9.74. The summed E-state index contributed by atoms with van der Waals surface area (Å²) in [5.41, 5.74) is 6.26. The third kappa shape index (κ3) is 2.04. The van der Waals surface area contributed by atoms with E-state index in [1.807, 2.05) is 20.8 Å². The van der Waals surface area contributed by atoms with Crippen LogP contribution in [0.2, 0.25) is 0 Å². The molecule has 16 heavy (non-hydrogen) atoms. The predicted octanol–water partition coefficient (Wildman–Crippen LogP) is 1.92. The van der Waals surface area contributed by atoms with E-state index in [4.69, 9.17) is 10.5 Å². The van der Waals surface area contributed by atoms with Gasteiger partial charge in [0.2, 0.25) is 0 Å². The van der Waals surface area contributed by atoms with Gasteiger partial charge in [-0.25, -0.2) is 4.98 Å². The average molecular weight is 240 g/mol. The number of esters is 1. The van der Waals surface area contributed by atoms with Crippen molar-refractivity contribution in [3.05, 3.63) is 10.6 Å². The van der Waals surface area contributed by atoms with E-state index in [9.17, 15) is 4.79 Å². The van der Waals surface area contributed by atoms with Gasteiger partial charge in [-0.3, -0.25) is 4.79 Å². The number of hydrogen-bond donors (Lipinski definition) is 1. The lowest BCUT2D eigenvalue weighted by atomic mass is 9.87. The van der Waals surface area contributed by atoms with E-state index in [2.05, 4.69) is 4.98 Å². The summed E-state index contributed by atoms with van der Waals surface area (Å²) in [7, 11) is 0. The van der Waals surface area contributed by atoms with Crippen LogP contribution >= 0.6 is 11.3 Å². The highest BCUT2D eigenvalue weighted by Crippen LogP contribution is 2.36. The van der Waals surface area contributed by atoms with Crippen molar-refractivity contribution in [3.63, 3.8) is 0 Å². The quantitative estimate of drug-likeness (QED) is 0.802. The maximum Gasteiger partial charge on any atom is 0.306 e. The second kappa shape index (κ2) is 3.73. The molecule has 0 aromatic carbocycles. The number of aromatic nitrogens is 1. The molecule has 1 saturated heterocycles. The lowest BCUT2D eigenvalue weighted by molar-refractivity contribution is -0.146. The normalized spacial score (nSPS) is 23.4. The molecule has 1 aromatic rings. The number of carbonyl (C=O) groups excluding carboxylic acids is 1. The standard InChI is InChI=1S/C11H16N2O2S/c1-6-8(16-10(12)13-6)4-7-5-9(14)15-11(7,2)3/h7H,4-5H2,1-3H3,(H2,12,13). The van der Waals surface area contributed by atoms with E-state index < -0.39 is 0 Å². The van der Waals surface area contributed by atoms with Gasteiger partial charge in [-0.1, -0.05) is 0 Å². The number of rotatable bonds is 2. The van der Waals surface area contributed by atoms with Crippen LogP contribution in [0.3, 0.4) is 0 Å². The molecule has 2 N–H and O–H groups in total. The van der Waals surface area contributed by atoms with Gasteiger partial charge in [-0.05, 0) is 27.2 Å². The van der Waals surface area contributed by atoms with Gasteiger partial charge in [-0.2, -0.15) is 0 Å². The Morgan fingerprint density at radius 2 is 2.31 bits per heavy atom. The van der Waals surface area contributed by atoms with E-state index in [1.165, 1.54) is 11.3 Å². The lowest BCUT2D eigenvalue weighted by Gasteiger charge is -2.24. The van der Waals surface area contributed by atoms with Crippen LogP contribution in [0.25, 0.3) is 0 Å².